The van der Waals surface area contributed by atoms with Crippen molar-refractivity contribution in [3.8, 4) is 11.5 Å². The van der Waals surface area contributed by atoms with Crippen molar-refractivity contribution in [1.29, 1.82) is 0 Å². The Kier molecular flexibility index (Phi) is 3.31. The zero-order valence-electron chi connectivity index (χ0n) is 11.8. The number of nitrogens with zero attached hydrogens (tertiary/aromatic N) is 4. The maximum absolute atomic E-state index is 5.77. The number of ether oxygens (including phenoxy) is 2. The van der Waals surface area contributed by atoms with E-state index in [1.54, 1.807) is 26.5 Å². The molecule has 0 saturated heterocycles. The van der Waals surface area contributed by atoms with E-state index >= 15 is 0 Å². The Morgan fingerprint density at radius 2 is 2.05 bits per heavy atom. The van der Waals surface area contributed by atoms with E-state index in [4.69, 9.17) is 15.2 Å². The van der Waals surface area contributed by atoms with Crippen LogP contribution in [-0.2, 0) is 6.42 Å². The van der Waals surface area contributed by atoms with Crippen LogP contribution in [0.25, 0.3) is 5.65 Å². The summed E-state index contributed by atoms with van der Waals surface area (Å²) >= 11 is 0. The second kappa shape index (κ2) is 5.28. The molecule has 2 N–H and O–H groups in total. The molecule has 0 radical (unpaired) electrons. The van der Waals surface area contributed by atoms with Crippen LogP contribution in [0.5, 0.6) is 11.5 Å². The minimum Gasteiger partial charge on any atom is -0.497 e. The van der Waals surface area contributed by atoms with Crippen molar-refractivity contribution in [2.24, 2.45) is 0 Å². The molecule has 7 nitrogen and oxygen atoms in total. The molecule has 3 rings (SSSR count). The van der Waals surface area contributed by atoms with Gasteiger partial charge in [0.25, 0.3) is 0 Å². The third-order valence-electron chi connectivity index (χ3n) is 3.17. The van der Waals surface area contributed by atoms with Crippen LogP contribution in [-0.4, -0.2) is 33.8 Å². The Balaban J connectivity index is 1.96. The average molecular weight is 285 g/mol. The van der Waals surface area contributed by atoms with E-state index < -0.39 is 0 Å². The van der Waals surface area contributed by atoms with Gasteiger partial charge < -0.3 is 15.2 Å². The van der Waals surface area contributed by atoms with Gasteiger partial charge in [-0.15, -0.1) is 5.10 Å². The molecule has 0 bridgehead atoms. The van der Waals surface area contributed by atoms with Crippen molar-refractivity contribution in [3.63, 3.8) is 0 Å². The van der Waals surface area contributed by atoms with Gasteiger partial charge in [0.1, 0.15) is 11.5 Å². The lowest BCUT2D eigenvalue weighted by Crippen LogP contribution is -2.01. The van der Waals surface area contributed by atoms with Crippen molar-refractivity contribution in [2.45, 2.75) is 6.42 Å². The molecule has 0 aliphatic rings. The van der Waals surface area contributed by atoms with Crippen LogP contribution in [0.15, 0.2) is 30.5 Å². The minimum atomic E-state index is 0.313. The Labute approximate surface area is 121 Å². The van der Waals surface area contributed by atoms with Crippen LogP contribution in [0, 0.1) is 0 Å². The molecule has 0 aliphatic carbocycles. The van der Waals surface area contributed by atoms with Gasteiger partial charge in [-0.25, -0.2) is 9.97 Å². The molecule has 0 saturated carbocycles. The third-order valence-corrected chi connectivity index (χ3v) is 3.17. The summed E-state index contributed by atoms with van der Waals surface area (Å²) in [4.78, 5) is 8.41. The van der Waals surface area contributed by atoms with Crippen molar-refractivity contribution >= 4 is 11.6 Å². The van der Waals surface area contributed by atoms with E-state index in [0.717, 1.165) is 17.1 Å². The van der Waals surface area contributed by atoms with Gasteiger partial charge in [0.05, 0.1) is 14.2 Å². The molecule has 0 aliphatic heterocycles. The summed E-state index contributed by atoms with van der Waals surface area (Å²) in [6.07, 6.45) is 2.14. The first kappa shape index (κ1) is 13.2. The molecule has 108 valence electrons. The molecule has 0 amide bonds. The number of hydrogen-bond donors (Lipinski definition) is 1. The SMILES string of the molecule is COc1ccc(Cc2nc3ccnc(N)n3n2)c(OC)c1. The zero-order chi connectivity index (χ0) is 14.8. The van der Waals surface area contributed by atoms with Crippen LogP contribution < -0.4 is 15.2 Å². The monoisotopic (exact) mass is 285 g/mol. The van der Waals surface area contributed by atoms with Crippen molar-refractivity contribution in [1.82, 2.24) is 19.6 Å². The van der Waals surface area contributed by atoms with Crippen LogP contribution >= 0.6 is 0 Å². The van der Waals surface area contributed by atoms with Gasteiger partial charge >= 0.3 is 0 Å². The fourth-order valence-electron chi connectivity index (χ4n) is 2.12. The summed E-state index contributed by atoms with van der Waals surface area (Å²) in [5, 5.41) is 4.36. The smallest absolute Gasteiger partial charge is 0.223 e. The molecule has 1 aromatic carbocycles. The lowest BCUT2D eigenvalue weighted by Gasteiger charge is -2.08. The number of benzene rings is 1. The summed E-state index contributed by atoms with van der Waals surface area (Å²) in [5.74, 6) is 2.44. The second-order valence-corrected chi connectivity index (χ2v) is 4.46. The lowest BCUT2D eigenvalue weighted by atomic mass is 10.1. The first-order valence-corrected chi connectivity index (χ1v) is 6.38. The highest BCUT2D eigenvalue weighted by atomic mass is 16.5. The van der Waals surface area contributed by atoms with Gasteiger partial charge in [-0.05, 0) is 6.07 Å². The van der Waals surface area contributed by atoms with Gasteiger partial charge in [-0.3, -0.25) is 0 Å². The topological polar surface area (TPSA) is 87.6 Å². The maximum atomic E-state index is 5.77. The number of anilines is 1. The lowest BCUT2D eigenvalue weighted by molar-refractivity contribution is 0.391. The van der Waals surface area contributed by atoms with E-state index in [1.165, 1.54) is 4.52 Å². The van der Waals surface area contributed by atoms with E-state index in [9.17, 15) is 0 Å². The molecule has 2 aromatic heterocycles. The first-order valence-electron chi connectivity index (χ1n) is 6.38. The van der Waals surface area contributed by atoms with Gasteiger partial charge in [0, 0.05) is 30.3 Å². The Hall–Kier alpha value is -2.83. The zero-order valence-corrected chi connectivity index (χ0v) is 11.8. The number of nitrogens with two attached hydrogens (primary N) is 1. The minimum absolute atomic E-state index is 0.313. The van der Waals surface area contributed by atoms with E-state index in [0.29, 0.717) is 23.8 Å². The van der Waals surface area contributed by atoms with E-state index in [1.807, 2.05) is 18.2 Å². The highest BCUT2D eigenvalue weighted by molar-refractivity contribution is 5.44. The molecule has 7 heteroatoms. The number of rotatable bonds is 4. The summed E-state index contributed by atoms with van der Waals surface area (Å²) < 4.78 is 12.1. The number of aromatic nitrogens is 4. The number of fused-ring (bicyclic) bond motifs is 1. The molecular formula is C14H15N5O2. The standard InChI is InChI=1S/C14H15N5O2/c1-20-10-4-3-9(11(8-10)21-2)7-12-17-13-5-6-16-14(15)19(13)18-12/h3-6,8H,7H2,1-2H3,(H2,15,16). The van der Waals surface area contributed by atoms with E-state index in [-0.39, 0.29) is 0 Å². The molecule has 2 heterocycles. The van der Waals surface area contributed by atoms with Gasteiger partial charge in [0.2, 0.25) is 5.95 Å². The van der Waals surface area contributed by atoms with Crippen LogP contribution in [0.3, 0.4) is 0 Å². The molecule has 0 atom stereocenters. The first-order chi connectivity index (χ1) is 10.2. The average Bonchev–Trinajstić information content (AvgIpc) is 2.91. The number of nitrogen functional groups attached to an aromatic ring is 1. The molecule has 21 heavy (non-hydrogen) atoms. The predicted molar refractivity (Wildman–Crippen MR) is 77.5 cm³/mol. The largest absolute Gasteiger partial charge is 0.497 e. The normalized spacial score (nSPS) is 10.8. The highest BCUT2D eigenvalue weighted by Crippen LogP contribution is 2.26. The molecule has 3 aromatic rings. The van der Waals surface area contributed by atoms with Crippen LogP contribution in [0.2, 0.25) is 0 Å². The number of methoxy groups -OCH3 is 2. The molecule has 0 fully saturated rings. The Morgan fingerprint density at radius 3 is 2.76 bits per heavy atom. The third kappa shape index (κ3) is 2.45. The molecular weight excluding hydrogens is 270 g/mol. The molecule has 0 unspecified atom stereocenters. The van der Waals surface area contributed by atoms with E-state index in [2.05, 4.69) is 15.1 Å². The summed E-state index contributed by atoms with van der Waals surface area (Å²) in [6.45, 7) is 0. The van der Waals surface area contributed by atoms with Crippen molar-refractivity contribution in [3.05, 3.63) is 41.9 Å². The van der Waals surface area contributed by atoms with Gasteiger partial charge in [-0.1, -0.05) is 6.07 Å². The van der Waals surface area contributed by atoms with Gasteiger partial charge in [-0.2, -0.15) is 4.52 Å². The maximum Gasteiger partial charge on any atom is 0.223 e. The summed E-state index contributed by atoms with van der Waals surface area (Å²) in [7, 11) is 3.24. The van der Waals surface area contributed by atoms with Crippen molar-refractivity contribution in [2.75, 3.05) is 20.0 Å². The fourth-order valence-corrected chi connectivity index (χ4v) is 2.12. The fraction of sp³-hybridized carbons (Fsp3) is 0.214. The quantitative estimate of drug-likeness (QED) is 0.777. The second-order valence-electron chi connectivity index (χ2n) is 4.46. The van der Waals surface area contributed by atoms with Gasteiger partial charge in [0.15, 0.2) is 11.5 Å². The van der Waals surface area contributed by atoms with Crippen molar-refractivity contribution < 1.29 is 9.47 Å². The van der Waals surface area contributed by atoms with Crippen LogP contribution in [0.4, 0.5) is 5.95 Å². The Bertz CT molecular complexity index is 784. The Morgan fingerprint density at radius 1 is 1.19 bits per heavy atom. The molecule has 0 spiro atoms. The summed E-state index contributed by atoms with van der Waals surface area (Å²) in [6, 6.07) is 7.41. The number of hydrogen-bond acceptors (Lipinski definition) is 6. The predicted octanol–water partition coefficient (Wildman–Crippen LogP) is 1.31. The summed E-state index contributed by atoms with van der Waals surface area (Å²) in [5.41, 5.74) is 7.41. The van der Waals surface area contributed by atoms with Crippen LogP contribution in [0.1, 0.15) is 11.4 Å². The highest BCUT2D eigenvalue weighted by Gasteiger charge is 2.11.